The number of pyridine rings is 2. The van der Waals surface area contributed by atoms with Crippen molar-refractivity contribution < 1.29 is 48.8 Å². The van der Waals surface area contributed by atoms with Gasteiger partial charge in [0.15, 0.2) is 0 Å². The molecule has 2 aromatic carbocycles. The highest BCUT2D eigenvalue weighted by Crippen LogP contribution is 2.25. The summed E-state index contributed by atoms with van der Waals surface area (Å²) in [4.78, 5) is 110. The van der Waals surface area contributed by atoms with E-state index >= 15 is 0 Å². The number of nitrogens with one attached hydrogen (secondary N) is 6. The molecule has 4 amide bonds. The first-order valence-corrected chi connectivity index (χ1v) is 27.7. The maximum Gasteiger partial charge on any atom is 0.330 e. The number of aromatic nitrogens is 8. The van der Waals surface area contributed by atoms with Gasteiger partial charge >= 0.3 is 11.9 Å². The highest BCUT2D eigenvalue weighted by Gasteiger charge is 2.28. The topological polar surface area (TPSA) is 348 Å². The van der Waals surface area contributed by atoms with Gasteiger partial charge in [0, 0.05) is 72.9 Å². The minimum atomic E-state index is -1.39. The average Bonchev–Trinajstić information content (AvgIpc) is 4.35. The zero-order valence-electron chi connectivity index (χ0n) is 45.8. The summed E-state index contributed by atoms with van der Waals surface area (Å²) >= 11 is 2.58. The number of esters is 1. The number of amides is 4. The average molecular weight is 1170 g/mol. The number of aryl methyl sites for hydroxylation is 6. The Morgan fingerprint density at radius 3 is 1.33 bits per heavy atom. The van der Waals surface area contributed by atoms with Gasteiger partial charge in [-0.15, -0.1) is 22.7 Å². The Morgan fingerprint density at radius 2 is 0.940 bits per heavy atom. The first-order valence-electron chi connectivity index (χ1n) is 25.9. The van der Waals surface area contributed by atoms with E-state index in [9.17, 15) is 44.1 Å². The summed E-state index contributed by atoms with van der Waals surface area (Å²) in [5.41, 5.74) is 5.99. The molecule has 0 bridgehead atoms. The molecule has 0 aliphatic carbocycles. The lowest BCUT2D eigenvalue weighted by atomic mass is 10.1. The number of aliphatic carboxylic acids is 1. The number of hydrogen-bond acceptors (Lipinski definition) is 21. The third-order valence-electron chi connectivity index (χ3n) is 12.3. The molecule has 0 aliphatic rings. The van der Waals surface area contributed by atoms with Gasteiger partial charge in [0.2, 0.25) is 11.9 Å². The summed E-state index contributed by atoms with van der Waals surface area (Å²) in [6.07, 6.45) is 9.59. The molecule has 0 radical (unpaired) electrons. The van der Waals surface area contributed by atoms with Gasteiger partial charge in [0.05, 0.1) is 41.0 Å². The number of phenols is 2. The third-order valence-corrected chi connectivity index (χ3v) is 14.1. The van der Waals surface area contributed by atoms with Crippen LogP contribution in [0.25, 0.3) is 21.1 Å². The molecule has 0 aliphatic heterocycles. The van der Waals surface area contributed by atoms with E-state index < -0.39 is 47.7 Å². The molecule has 6 heterocycles. The predicted octanol–water partition coefficient (Wildman–Crippen LogP) is 6.04. The van der Waals surface area contributed by atoms with E-state index in [1.165, 1.54) is 29.8 Å². The van der Waals surface area contributed by atoms with Gasteiger partial charge in [-0.05, 0) is 113 Å². The number of rotatable bonds is 24. The minimum absolute atomic E-state index is 0.141. The van der Waals surface area contributed by atoms with E-state index in [4.69, 9.17) is 4.74 Å². The van der Waals surface area contributed by atoms with Crippen LogP contribution in [-0.4, -0.2) is 136 Å². The van der Waals surface area contributed by atoms with Crippen LogP contribution < -0.4 is 31.9 Å². The number of methoxy groups -OCH3 is 1. The molecule has 0 fully saturated rings. The zero-order valence-corrected chi connectivity index (χ0v) is 47.4. The molecule has 9 N–H and O–H groups in total. The van der Waals surface area contributed by atoms with E-state index in [0.717, 1.165) is 47.9 Å². The number of phenolic OH excluding ortho intramolecular Hbond substituents is 2. The second-order valence-electron chi connectivity index (χ2n) is 18.5. The molecule has 0 saturated heterocycles. The standard InChI is InChI=1S/C29H31N7O5S.C28H29N7O5S/c1-17-24(18(2)34-29(33-17)31-11-5-7-19-6-4-8-21(37)14-19)26(39)35-22(28(40)41-3)15-32-25(38)23-16-42-27(36-23)20-9-12-30-13-10-20;1-16-23(17(2)33-28(32-16)30-10-4-6-18-5-3-7-20(36)13-18)25(38)34-21(27(39)40)14-31-24(37)22-15-41-26(35-22)19-8-11-29-12-9-19/h4,6,8-10,12-14,16,22,37H,5,7,11,15H2,1-3H3,(H,32,38)(H,35,39)(H,31,33,34);3,5,7-9,11-13,15,21,36H,4,6,10,14H2,1-2H3,(H,31,37)(H,34,38)(H,39,40)(H,30,32,33)/t22-;21-/m00/s1. The number of carbonyl (C=O) groups is 6. The van der Waals surface area contributed by atoms with Gasteiger partial charge in [-0.1, -0.05) is 24.3 Å². The third kappa shape index (κ3) is 17.6. The van der Waals surface area contributed by atoms with Crippen LogP contribution in [0.15, 0.2) is 108 Å². The smallest absolute Gasteiger partial charge is 0.330 e. The van der Waals surface area contributed by atoms with Crippen molar-refractivity contribution in [2.75, 3.05) is 43.9 Å². The molecule has 0 unspecified atom stereocenters. The predicted molar refractivity (Wildman–Crippen MR) is 310 cm³/mol. The Kier molecular flexibility index (Phi) is 21.7. The highest BCUT2D eigenvalue weighted by molar-refractivity contribution is 7.13. The number of ether oxygens (including phenoxy) is 1. The van der Waals surface area contributed by atoms with E-state index in [1.54, 1.807) is 124 Å². The molecule has 8 rings (SSSR count). The number of nitrogens with zero attached hydrogens (tertiary/aromatic N) is 8. The number of benzene rings is 2. The number of carboxylic acid groups (broad SMARTS) is 1. The highest BCUT2D eigenvalue weighted by atomic mass is 32.1. The molecule has 0 saturated carbocycles. The Bertz CT molecular complexity index is 3520. The van der Waals surface area contributed by atoms with E-state index in [2.05, 4.69) is 71.8 Å². The summed E-state index contributed by atoms with van der Waals surface area (Å²) in [5.74, 6) is -3.13. The summed E-state index contributed by atoms with van der Waals surface area (Å²) in [7, 11) is 1.20. The Morgan fingerprint density at radius 1 is 0.542 bits per heavy atom. The lowest BCUT2D eigenvalue weighted by molar-refractivity contribution is -0.142. The number of aromatic hydroxyl groups is 2. The van der Waals surface area contributed by atoms with Gasteiger partial charge in [-0.3, -0.25) is 29.1 Å². The molecule has 8 aromatic rings. The van der Waals surface area contributed by atoms with Crippen molar-refractivity contribution >= 4 is 70.1 Å². The van der Waals surface area contributed by atoms with Crippen LogP contribution in [0.3, 0.4) is 0 Å². The zero-order chi connectivity index (χ0) is 59.4. The van der Waals surface area contributed by atoms with Crippen molar-refractivity contribution in [3.63, 3.8) is 0 Å². The van der Waals surface area contributed by atoms with Crippen molar-refractivity contribution in [2.45, 2.75) is 65.5 Å². The van der Waals surface area contributed by atoms with Gasteiger partial charge in [0.1, 0.15) is 45.0 Å². The number of hydrogen-bond donors (Lipinski definition) is 9. The van der Waals surface area contributed by atoms with Crippen LogP contribution in [0.1, 0.15) is 88.4 Å². The quantitative estimate of drug-likeness (QED) is 0.0246. The van der Waals surface area contributed by atoms with Gasteiger partial charge in [0.25, 0.3) is 23.6 Å². The van der Waals surface area contributed by atoms with Crippen molar-refractivity contribution in [1.82, 2.24) is 61.1 Å². The Labute approximate surface area is 484 Å². The lowest BCUT2D eigenvalue weighted by Crippen LogP contribution is -2.49. The summed E-state index contributed by atoms with van der Waals surface area (Å²) in [6.45, 7) is 7.25. The van der Waals surface area contributed by atoms with Crippen LogP contribution >= 0.6 is 22.7 Å². The molecule has 26 heteroatoms. The largest absolute Gasteiger partial charge is 0.508 e. The maximum atomic E-state index is 13.2. The van der Waals surface area contributed by atoms with Crippen molar-refractivity contribution in [3.8, 4) is 32.6 Å². The normalized spacial score (nSPS) is 11.4. The molecular weight excluding hydrogens is 1100 g/mol. The minimum Gasteiger partial charge on any atom is -0.508 e. The Balaban J connectivity index is 0.000000239. The van der Waals surface area contributed by atoms with Crippen LogP contribution in [0.5, 0.6) is 11.5 Å². The second-order valence-corrected chi connectivity index (χ2v) is 20.2. The molecule has 83 heavy (non-hydrogen) atoms. The monoisotopic (exact) mass is 1160 g/mol. The second kappa shape index (κ2) is 29.6. The van der Waals surface area contributed by atoms with Gasteiger partial charge < -0.3 is 52.0 Å². The molecule has 430 valence electrons. The summed E-state index contributed by atoms with van der Waals surface area (Å²) < 4.78 is 4.84. The van der Waals surface area contributed by atoms with Crippen LogP contribution in [0.2, 0.25) is 0 Å². The number of carbonyl (C=O) groups excluding carboxylic acids is 5. The number of thiazole rings is 2. The fourth-order valence-electron chi connectivity index (χ4n) is 8.23. The van der Waals surface area contributed by atoms with Crippen LogP contribution in [0.4, 0.5) is 11.9 Å². The van der Waals surface area contributed by atoms with E-state index in [-0.39, 0.29) is 47.1 Å². The first kappa shape index (κ1) is 60.8. The van der Waals surface area contributed by atoms with Crippen LogP contribution in [-0.2, 0) is 27.2 Å². The van der Waals surface area contributed by atoms with Gasteiger partial charge in [-0.2, -0.15) is 0 Å². The van der Waals surface area contributed by atoms with E-state index in [0.29, 0.717) is 57.8 Å². The first-order chi connectivity index (χ1) is 40.0. The molecule has 0 spiro atoms. The number of carboxylic acids is 1. The molecular formula is C57H60N14O10S2. The van der Waals surface area contributed by atoms with Crippen molar-refractivity contribution in [1.29, 1.82) is 0 Å². The van der Waals surface area contributed by atoms with E-state index in [1.807, 2.05) is 12.1 Å². The SMILES string of the molecule is COC(=O)[C@H](CNC(=O)c1csc(-c2ccncc2)n1)NC(=O)c1c(C)nc(NCCCc2cccc(O)c2)nc1C.Cc1nc(NCCCc2cccc(O)c2)nc(C)c1C(=O)N[C@@H](CNC(=O)c1csc(-c2ccncc2)n1)C(=O)O. The lowest BCUT2D eigenvalue weighted by Gasteiger charge is -2.18. The fraction of sp³-hybridized carbons (Fsp3) is 0.263. The van der Waals surface area contributed by atoms with Crippen molar-refractivity contribution in [2.24, 2.45) is 0 Å². The summed E-state index contributed by atoms with van der Waals surface area (Å²) in [5, 5.41) is 49.8. The molecule has 2 atom stereocenters. The Hall–Kier alpha value is -9.82. The van der Waals surface area contributed by atoms with Gasteiger partial charge in [-0.25, -0.2) is 39.5 Å². The molecule has 24 nitrogen and oxygen atoms in total. The number of anilines is 2. The summed E-state index contributed by atoms with van der Waals surface area (Å²) in [6, 6.07) is 18.7. The molecule has 6 aromatic heterocycles. The van der Waals surface area contributed by atoms with Crippen LogP contribution in [0, 0.1) is 27.7 Å². The maximum absolute atomic E-state index is 13.2. The fourth-order valence-corrected chi connectivity index (χ4v) is 9.85. The van der Waals surface area contributed by atoms with Crippen molar-refractivity contribution in [3.05, 3.63) is 165 Å².